The molecular weight excluding hydrogens is 352 g/mol. The quantitative estimate of drug-likeness (QED) is 0.884. The summed E-state index contributed by atoms with van der Waals surface area (Å²) in [6, 6.07) is 2.47. The Morgan fingerprint density at radius 1 is 1.32 bits per heavy atom. The third kappa shape index (κ3) is 2.99. The molecular formula is C21H26N6O. The number of fused-ring (bicyclic) bond motifs is 2. The van der Waals surface area contributed by atoms with Crippen molar-refractivity contribution < 1.29 is 4.79 Å². The van der Waals surface area contributed by atoms with Gasteiger partial charge < -0.3 is 10.2 Å². The number of hydrogen-bond acceptors (Lipinski definition) is 5. The molecule has 2 aromatic rings. The van der Waals surface area contributed by atoms with Gasteiger partial charge in [0.25, 0.3) is 0 Å². The van der Waals surface area contributed by atoms with Crippen LogP contribution in [0.25, 0.3) is 5.57 Å². The lowest BCUT2D eigenvalue weighted by molar-refractivity contribution is -0.135. The zero-order valence-electron chi connectivity index (χ0n) is 16.6. The van der Waals surface area contributed by atoms with Crippen molar-refractivity contribution in [3.05, 3.63) is 36.4 Å². The molecule has 4 heterocycles. The van der Waals surface area contributed by atoms with Crippen LogP contribution in [0.3, 0.4) is 0 Å². The summed E-state index contributed by atoms with van der Waals surface area (Å²) in [6.07, 6.45) is 11.7. The van der Waals surface area contributed by atoms with Crippen molar-refractivity contribution in [2.45, 2.75) is 51.6 Å². The largest absolute Gasteiger partial charge is 0.333 e. The summed E-state index contributed by atoms with van der Waals surface area (Å²) in [5, 5.41) is 7.36. The van der Waals surface area contributed by atoms with E-state index < -0.39 is 0 Å². The molecule has 2 aliphatic heterocycles. The Kier molecular flexibility index (Phi) is 3.82. The number of amides is 1. The van der Waals surface area contributed by atoms with E-state index in [1.807, 2.05) is 19.3 Å². The highest BCUT2D eigenvalue weighted by molar-refractivity contribution is 5.85. The molecule has 2 bridgehead atoms. The first-order valence-electron chi connectivity index (χ1n) is 10.0. The van der Waals surface area contributed by atoms with Gasteiger partial charge in [0.05, 0.1) is 23.6 Å². The molecule has 0 spiro atoms. The van der Waals surface area contributed by atoms with Gasteiger partial charge in [-0.05, 0) is 42.7 Å². The molecule has 146 valence electrons. The molecule has 2 fully saturated rings. The summed E-state index contributed by atoms with van der Waals surface area (Å²) >= 11 is 0. The second-order valence-electron chi connectivity index (χ2n) is 8.98. The highest BCUT2D eigenvalue weighted by atomic mass is 16.2. The Hall–Kier alpha value is -2.70. The maximum Gasteiger partial charge on any atom is 0.227 e. The second kappa shape index (κ2) is 6.15. The van der Waals surface area contributed by atoms with E-state index in [4.69, 9.17) is 4.98 Å². The number of carbonyl (C=O) groups excluding carboxylic acids is 1. The molecule has 2 aromatic heterocycles. The summed E-state index contributed by atoms with van der Waals surface area (Å²) in [5.41, 5.74) is 3.21. The van der Waals surface area contributed by atoms with Crippen LogP contribution in [0.4, 0.5) is 11.6 Å². The van der Waals surface area contributed by atoms with Crippen molar-refractivity contribution in [3.8, 4) is 0 Å². The fraction of sp³-hybridized carbons (Fsp3) is 0.524. The molecule has 1 amide bonds. The van der Waals surface area contributed by atoms with Crippen LogP contribution in [0, 0.1) is 11.3 Å². The van der Waals surface area contributed by atoms with Gasteiger partial charge in [-0.3, -0.25) is 9.48 Å². The number of nitrogens with one attached hydrogen (secondary N) is 1. The minimum Gasteiger partial charge on any atom is -0.333 e. The van der Waals surface area contributed by atoms with Gasteiger partial charge in [0, 0.05) is 31.4 Å². The predicted molar refractivity (Wildman–Crippen MR) is 107 cm³/mol. The summed E-state index contributed by atoms with van der Waals surface area (Å²) in [4.78, 5) is 24.2. The SMILES string of the molecule is Cn1cc(Nc2nccc(C3=CC4CCC(C3)N4C(=O)C3CC3(C)C)n2)cn1. The number of anilines is 2. The standard InChI is InChI=1S/C21H26N6O/c1-21(2)10-17(21)19(28)27-15-4-5-16(27)9-13(8-15)18-6-7-22-20(25-18)24-14-11-23-26(3)12-14/h6-8,11-12,15-17H,4-5,9-10H2,1-3H3,(H,22,24,25). The molecule has 3 aliphatic rings. The normalized spacial score (nSPS) is 27.5. The van der Waals surface area contributed by atoms with Crippen LogP contribution in [0.1, 0.15) is 45.2 Å². The van der Waals surface area contributed by atoms with Crippen molar-refractivity contribution in [3.63, 3.8) is 0 Å². The fourth-order valence-corrected chi connectivity index (χ4v) is 4.64. The molecule has 1 saturated heterocycles. The van der Waals surface area contributed by atoms with E-state index in [-0.39, 0.29) is 17.4 Å². The highest BCUT2D eigenvalue weighted by Gasteiger charge is 2.54. The number of carbonyl (C=O) groups is 1. The van der Waals surface area contributed by atoms with Crippen LogP contribution < -0.4 is 5.32 Å². The van der Waals surface area contributed by atoms with Gasteiger partial charge in [-0.1, -0.05) is 19.9 Å². The summed E-state index contributed by atoms with van der Waals surface area (Å²) in [5.74, 6) is 1.13. The van der Waals surface area contributed by atoms with Crippen LogP contribution in [0.5, 0.6) is 0 Å². The monoisotopic (exact) mass is 378 g/mol. The lowest BCUT2D eigenvalue weighted by Crippen LogP contribution is -2.44. The molecule has 3 unspecified atom stereocenters. The molecule has 1 saturated carbocycles. The van der Waals surface area contributed by atoms with E-state index in [1.54, 1.807) is 17.1 Å². The fourth-order valence-electron chi connectivity index (χ4n) is 4.64. The number of nitrogens with zero attached hydrogens (tertiary/aromatic N) is 5. The molecule has 0 aromatic carbocycles. The van der Waals surface area contributed by atoms with E-state index >= 15 is 0 Å². The van der Waals surface area contributed by atoms with Crippen LogP contribution >= 0.6 is 0 Å². The molecule has 0 radical (unpaired) electrons. The van der Waals surface area contributed by atoms with Crippen LogP contribution in [0.15, 0.2) is 30.7 Å². The molecule has 7 nitrogen and oxygen atoms in total. The van der Waals surface area contributed by atoms with Gasteiger partial charge in [-0.15, -0.1) is 0 Å². The van der Waals surface area contributed by atoms with Crippen molar-refractivity contribution in [1.29, 1.82) is 0 Å². The Bertz CT molecular complexity index is 961. The topological polar surface area (TPSA) is 75.9 Å². The van der Waals surface area contributed by atoms with Crippen molar-refractivity contribution in [1.82, 2.24) is 24.6 Å². The Balaban J connectivity index is 1.36. The van der Waals surface area contributed by atoms with Gasteiger partial charge in [0.15, 0.2) is 0 Å². The van der Waals surface area contributed by atoms with Crippen molar-refractivity contribution in [2.24, 2.45) is 18.4 Å². The van der Waals surface area contributed by atoms with E-state index in [0.29, 0.717) is 17.9 Å². The summed E-state index contributed by atoms with van der Waals surface area (Å²) in [7, 11) is 1.88. The van der Waals surface area contributed by atoms with Crippen LogP contribution in [-0.2, 0) is 11.8 Å². The molecule has 1 N–H and O–H groups in total. The predicted octanol–water partition coefficient (Wildman–Crippen LogP) is 3.15. The molecule has 3 atom stereocenters. The lowest BCUT2D eigenvalue weighted by atomic mass is 9.97. The smallest absolute Gasteiger partial charge is 0.227 e. The zero-order chi connectivity index (χ0) is 19.5. The average molecular weight is 378 g/mol. The zero-order valence-corrected chi connectivity index (χ0v) is 16.6. The van der Waals surface area contributed by atoms with Gasteiger partial charge in [0.2, 0.25) is 11.9 Å². The highest BCUT2D eigenvalue weighted by Crippen LogP contribution is 2.54. The maximum atomic E-state index is 13.0. The van der Waals surface area contributed by atoms with Gasteiger partial charge in [-0.2, -0.15) is 5.10 Å². The van der Waals surface area contributed by atoms with Crippen molar-refractivity contribution in [2.75, 3.05) is 5.32 Å². The van der Waals surface area contributed by atoms with Gasteiger partial charge >= 0.3 is 0 Å². The van der Waals surface area contributed by atoms with E-state index in [2.05, 4.69) is 40.2 Å². The minimum absolute atomic E-state index is 0.181. The Morgan fingerprint density at radius 3 is 2.82 bits per heavy atom. The Labute approximate surface area is 164 Å². The maximum absolute atomic E-state index is 13.0. The third-order valence-corrected chi connectivity index (χ3v) is 6.41. The number of hydrogen-bond donors (Lipinski definition) is 1. The summed E-state index contributed by atoms with van der Waals surface area (Å²) in [6.45, 7) is 4.39. The molecule has 28 heavy (non-hydrogen) atoms. The van der Waals surface area contributed by atoms with Crippen molar-refractivity contribution >= 4 is 23.1 Å². The third-order valence-electron chi connectivity index (χ3n) is 6.41. The van der Waals surface area contributed by atoms with E-state index in [9.17, 15) is 4.79 Å². The van der Waals surface area contributed by atoms with E-state index in [1.165, 1.54) is 5.57 Å². The van der Waals surface area contributed by atoms with Gasteiger partial charge in [-0.25, -0.2) is 9.97 Å². The first kappa shape index (κ1) is 17.4. The van der Waals surface area contributed by atoms with Crippen LogP contribution in [0.2, 0.25) is 0 Å². The number of aromatic nitrogens is 4. The molecule has 7 heteroatoms. The average Bonchev–Trinajstić information content (AvgIpc) is 2.96. The number of aryl methyl sites for hydroxylation is 1. The minimum atomic E-state index is 0.181. The summed E-state index contributed by atoms with van der Waals surface area (Å²) < 4.78 is 1.74. The first-order valence-corrected chi connectivity index (χ1v) is 10.0. The van der Waals surface area contributed by atoms with Crippen LogP contribution in [-0.4, -0.2) is 42.6 Å². The molecule has 1 aliphatic carbocycles. The van der Waals surface area contributed by atoms with E-state index in [0.717, 1.165) is 37.1 Å². The Morgan fingerprint density at radius 2 is 2.14 bits per heavy atom. The molecule has 5 rings (SSSR count). The second-order valence-corrected chi connectivity index (χ2v) is 8.98. The van der Waals surface area contributed by atoms with Gasteiger partial charge in [0.1, 0.15) is 0 Å². The number of rotatable bonds is 4. The lowest BCUT2D eigenvalue weighted by Gasteiger charge is -2.34. The first-order chi connectivity index (χ1) is 13.4.